The van der Waals surface area contributed by atoms with Gasteiger partial charge in [-0.25, -0.2) is 0 Å². The summed E-state index contributed by atoms with van der Waals surface area (Å²) in [7, 11) is 4.66. The summed E-state index contributed by atoms with van der Waals surface area (Å²) in [6.45, 7) is 0.322. The normalized spacial score (nSPS) is 12.0. The molecule has 6 nitrogen and oxygen atoms in total. The molecule has 1 rings (SSSR count). The minimum absolute atomic E-state index is 0.0209. The number of hydrogen-bond acceptors (Lipinski definition) is 5. The zero-order valence-corrected chi connectivity index (χ0v) is 12.7. The molecular formula is C13H20N2O4S. The fraction of sp³-hybridized carbons (Fsp3) is 0.538. The first kappa shape index (κ1) is 16.6. The molecule has 0 aliphatic heterocycles. The van der Waals surface area contributed by atoms with Crippen molar-refractivity contribution in [1.29, 1.82) is 0 Å². The second kappa shape index (κ2) is 7.98. The second-order valence-corrected chi connectivity index (χ2v) is 5.47. The summed E-state index contributed by atoms with van der Waals surface area (Å²) in [5.74, 6) is -0.410. The van der Waals surface area contributed by atoms with E-state index in [1.165, 1.54) is 28.2 Å². The summed E-state index contributed by atoms with van der Waals surface area (Å²) in [5.41, 5.74) is 0. The van der Waals surface area contributed by atoms with E-state index in [9.17, 15) is 14.7 Å². The molecule has 0 aliphatic carbocycles. The van der Waals surface area contributed by atoms with Gasteiger partial charge in [0.2, 0.25) is 5.91 Å². The molecule has 0 spiro atoms. The smallest absolute Gasteiger partial charge is 0.264 e. The maximum atomic E-state index is 12.0. The number of nitrogens with zero attached hydrogens (tertiary/aromatic N) is 2. The van der Waals surface area contributed by atoms with Gasteiger partial charge in [-0.1, -0.05) is 6.07 Å². The first-order valence-electron chi connectivity index (χ1n) is 6.15. The Labute approximate surface area is 122 Å². The van der Waals surface area contributed by atoms with Crippen molar-refractivity contribution < 1.29 is 19.4 Å². The van der Waals surface area contributed by atoms with Crippen LogP contribution in [0.3, 0.4) is 0 Å². The van der Waals surface area contributed by atoms with Crippen molar-refractivity contribution in [2.24, 2.45) is 0 Å². The van der Waals surface area contributed by atoms with Crippen LogP contribution in [-0.4, -0.2) is 73.7 Å². The zero-order chi connectivity index (χ0) is 15.1. The summed E-state index contributed by atoms with van der Waals surface area (Å²) < 4.78 is 4.80. The molecule has 1 N–H and O–H groups in total. The topological polar surface area (TPSA) is 70.1 Å². The second-order valence-electron chi connectivity index (χ2n) is 4.52. The van der Waals surface area contributed by atoms with Crippen molar-refractivity contribution in [2.75, 3.05) is 40.9 Å². The molecule has 1 aromatic rings. The summed E-state index contributed by atoms with van der Waals surface area (Å²) in [6, 6.07) is 3.51. The van der Waals surface area contributed by atoms with E-state index in [4.69, 9.17) is 4.74 Å². The molecular weight excluding hydrogens is 280 g/mol. The first-order chi connectivity index (χ1) is 9.45. The average Bonchev–Trinajstić information content (AvgIpc) is 2.91. The van der Waals surface area contributed by atoms with Gasteiger partial charge in [-0.05, 0) is 11.4 Å². The van der Waals surface area contributed by atoms with Crippen LogP contribution in [0.15, 0.2) is 17.5 Å². The number of thiophene rings is 1. The standard InChI is InChI=1S/C13H20N2O4S/c1-14(7-10(16)9-19-3)12(17)8-15(2)13(18)11-5-4-6-20-11/h4-6,10,16H,7-9H2,1-3H3. The molecule has 0 saturated heterocycles. The molecule has 2 amide bonds. The van der Waals surface area contributed by atoms with E-state index < -0.39 is 6.10 Å². The lowest BCUT2D eigenvalue weighted by atomic mass is 10.3. The van der Waals surface area contributed by atoms with E-state index in [1.807, 2.05) is 5.38 Å². The monoisotopic (exact) mass is 300 g/mol. The van der Waals surface area contributed by atoms with E-state index in [2.05, 4.69) is 0 Å². The SMILES string of the molecule is COCC(O)CN(C)C(=O)CN(C)C(=O)c1cccs1. The van der Waals surface area contributed by atoms with Crippen LogP contribution in [0.5, 0.6) is 0 Å². The van der Waals surface area contributed by atoms with Gasteiger partial charge in [0.1, 0.15) is 0 Å². The third kappa shape index (κ3) is 4.92. The molecule has 0 saturated carbocycles. The Morgan fingerprint density at radius 1 is 1.40 bits per heavy atom. The van der Waals surface area contributed by atoms with Crippen LogP contribution in [0.25, 0.3) is 0 Å². The Bertz CT molecular complexity index is 436. The van der Waals surface area contributed by atoms with Gasteiger partial charge in [-0.15, -0.1) is 11.3 Å². The Morgan fingerprint density at radius 2 is 2.10 bits per heavy atom. The molecule has 0 fully saturated rings. The van der Waals surface area contributed by atoms with E-state index >= 15 is 0 Å². The first-order valence-corrected chi connectivity index (χ1v) is 7.03. The van der Waals surface area contributed by atoms with Gasteiger partial charge in [-0.2, -0.15) is 0 Å². The van der Waals surface area contributed by atoms with Crippen LogP contribution in [0.1, 0.15) is 9.67 Å². The third-order valence-corrected chi connectivity index (χ3v) is 3.58. The molecule has 0 aromatic carbocycles. The highest BCUT2D eigenvalue weighted by Crippen LogP contribution is 2.11. The maximum Gasteiger partial charge on any atom is 0.264 e. The fourth-order valence-electron chi connectivity index (χ4n) is 1.65. The number of hydrogen-bond donors (Lipinski definition) is 1. The van der Waals surface area contributed by atoms with E-state index in [1.54, 1.807) is 26.2 Å². The Hall–Kier alpha value is -1.44. The molecule has 20 heavy (non-hydrogen) atoms. The predicted molar refractivity (Wildman–Crippen MR) is 76.8 cm³/mol. The van der Waals surface area contributed by atoms with Gasteiger partial charge in [0.05, 0.1) is 24.1 Å². The maximum absolute atomic E-state index is 12.0. The number of rotatable bonds is 7. The molecule has 0 radical (unpaired) electrons. The van der Waals surface area contributed by atoms with Crippen LogP contribution in [-0.2, 0) is 9.53 Å². The zero-order valence-electron chi connectivity index (χ0n) is 11.9. The number of likely N-dealkylation sites (N-methyl/N-ethyl adjacent to an activating group) is 2. The summed E-state index contributed by atoms with van der Waals surface area (Å²) in [5, 5.41) is 11.4. The lowest BCUT2D eigenvalue weighted by Crippen LogP contribution is -2.42. The number of methoxy groups -OCH3 is 1. The van der Waals surface area contributed by atoms with E-state index in [0.29, 0.717) is 4.88 Å². The van der Waals surface area contributed by atoms with Gasteiger partial charge in [0.15, 0.2) is 0 Å². The van der Waals surface area contributed by atoms with Gasteiger partial charge >= 0.3 is 0 Å². The highest BCUT2D eigenvalue weighted by atomic mass is 32.1. The molecule has 7 heteroatoms. The van der Waals surface area contributed by atoms with E-state index in [-0.39, 0.29) is 31.5 Å². The predicted octanol–water partition coefficient (Wildman–Crippen LogP) is 0.286. The Morgan fingerprint density at radius 3 is 2.65 bits per heavy atom. The number of aliphatic hydroxyl groups excluding tert-OH is 1. The Kier molecular flexibility index (Phi) is 6.63. The van der Waals surface area contributed by atoms with E-state index in [0.717, 1.165) is 0 Å². The van der Waals surface area contributed by atoms with Gasteiger partial charge in [-0.3, -0.25) is 9.59 Å². The number of ether oxygens (including phenoxy) is 1. The van der Waals surface area contributed by atoms with Crippen molar-refractivity contribution in [2.45, 2.75) is 6.10 Å². The number of carbonyl (C=O) groups excluding carboxylic acids is 2. The minimum Gasteiger partial charge on any atom is -0.389 e. The molecule has 0 bridgehead atoms. The van der Waals surface area contributed by atoms with Gasteiger partial charge in [0, 0.05) is 27.7 Å². The van der Waals surface area contributed by atoms with Crippen LogP contribution >= 0.6 is 11.3 Å². The van der Waals surface area contributed by atoms with Crippen molar-refractivity contribution in [1.82, 2.24) is 9.80 Å². The van der Waals surface area contributed by atoms with Gasteiger partial charge < -0.3 is 19.6 Å². The molecule has 1 aromatic heterocycles. The highest BCUT2D eigenvalue weighted by molar-refractivity contribution is 7.12. The van der Waals surface area contributed by atoms with Crippen LogP contribution in [0.4, 0.5) is 0 Å². The van der Waals surface area contributed by atoms with Crippen molar-refractivity contribution >= 4 is 23.2 Å². The average molecular weight is 300 g/mol. The number of aliphatic hydroxyl groups is 1. The fourth-order valence-corrected chi connectivity index (χ4v) is 2.36. The summed E-state index contributed by atoms with van der Waals surface area (Å²) in [4.78, 5) is 27.3. The minimum atomic E-state index is -0.729. The summed E-state index contributed by atoms with van der Waals surface area (Å²) >= 11 is 1.34. The van der Waals surface area contributed by atoms with Crippen LogP contribution in [0, 0.1) is 0 Å². The lowest BCUT2D eigenvalue weighted by Gasteiger charge is -2.23. The summed E-state index contributed by atoms with van der Waals surface area (Å²) in [6.07, 6.45) is -0.729. The molecule has 1 unspecified atom stereocenters. The molecule has 1 heterocycles. The lowest BCUT2D eigenvalue weighted by molar-refractivity contribution is -0.132. The number of amides is 2. The molecule has 112 valence electrons. The highest BCUT2D eigenvalue weighted by Gasteiger charge is 2.19. The molecule has 1 atom stereocenters. The number of carbonyl (C=O) groups is 2. The van der Waals surface area contributed by atoms with Crippen LogP contribution in [0.2, 0.25) is 0 Å². The van der Waals surface area contributed by atoms with Crippen molar-refractivity contribution in [3.05, 3.63) is 22.4 Å². The molecule has 0 aliphatic rings. The van der Waals surface area contributed by atoms with Crippen molar-refractivity contribution in [3.8, 4) is 0 Å². The quantitative estimate of drug-likeness (QED) is 0.785. The van der Waals surface area contributed by atoms with Gasteiger partial charge in [0.25, 0.3) is 5.91 Å². The Balaban J connectivity index is 2.46. The largest absolute Gasteiger partial charge is 0.389 e. The third-order valence-electron chi connectivity index (χ3n) is 2.72. The van der Waals surface area contributed by atoms with Crippen molar-refractivity contribution in [3.63, 3.8) is 0 Å². The van der Waals surface area contributed by atoms with Crippen LogP contribution < -0.4 is 0 Å².